The highest BCUT2D eigenvalue weighted by molar-refractivity contribution is 5.60. The molecular formula is C23H18F4N2O. The van der Waals surface area contributed by atoms with Gasteiger partial charge in [-0.25, -0.2) is 9.37 Å². The number of imidazole rings is 1. The van der Waals surface area contributed by atoms with Crippen LogP contribution in [0.4, 0.5) is 17.6 Å². The highest BCUT2D eigenvalue weighted by Gasteiger charge is 2.33. The second kappa shape index (κ2) is 7.96. The number of nitrogens with zero attached hydrogens (tertiary/aromatic N) is 2. The monoisotopic (exact) mass is 414 g/mol. The lowest BCUT2D eigenvalue weighted by Gasteiger charge is -2.21. The zero-order valence-electron chi connectivity index (χ0n) is 15.9. The Kier molecular flexibility index (Phi) is 5.35. The van der Waals surface area contributed by atoms with Gasteiger partial charge in [0.1, 0.15) is 11.6 Å². The maximum Gasteiger partial charge on any atom is 0.419 e. The summed E-state index contributed by atoms with van der Waals surface area (Å²) < 4.78 is 53.6. The number of hydrogen-bond acceptors (Lipinski definition) is 2. The third-order valence-corrected chi connectivity index (χ3v) is 5.15. The van der Waals surface area contributed by atoms with Crippen LogP contribution in [-0.2, 0) is 19.1 Å². The molecule has 1 aliphatic heterocycles. The van der Waals surface area contributed by atoms with Gasteiger partial charge >= 0.3 is 6.18 Å². The summed E-state index contributed by atoms with van der Waals surface area (Å²) in [5.74, 6) is 5.45. The maximum absolute atomic E-state index is 13.6. The van der Waals surface area contributed by atoms with Crippen LogP contribution >= 0.6 is 0 Å². The Morgan fingerprint density at radius 2 is 1.77 bits per heavy atom. The van der Waals surface area contributed by atoms with Gasteiger partial charge in [-0.15, -0.1) is 0 Å². The maximum atomic E-state index is 13.6. The van der Waals surface area contributed by atoms with Crippen molar-refractivity contribution in [3.05, 3.63) is 77.0 Å². The minimum absolute atomic E-state index is 0.170. The molecular weight excluding hydrogens is 396 g/mol. The summed E-state index contributed by atoms with van der Waals surface area (Å²) in [5.41, 5.74) is 1.29. The molecule has 0 fully saturated rings. The minimum Gasteiger partial charge on any atom is -0.396 e. The summed E-state index contributed by atoms with van der Waals surface area (Å²) in [4.78, 5) is 4.66. The fourth-order valence-electron chi connectivity index (χ4n) is 3.49. The molecule has 1 aromatic heterocycles. The average Bonchev–Trinajstić information content (AvgIpc) is 3.15. The summed E-state index contributed by atoms with van der Waals surface area (Å²) in [6, 6.07) is 9.96. The number of aromatic nitrogens is 2. The average molecular weight is 414 g/mol. The molecule has 1 N–H and O–H groups in total. The van der Waals surface area contributed by atoms with Gasteiger partial charge in [0.2, 0.25) is 0 Å². The van der Waals surface area contributed by atoms with Crippen LogP contribution in [0.15, 0.2) is 48.7 Å². The van der Waals surface area contributed by atoms with Crippen molar-refractivity contribution < 1.29 is 22.7 Å². The highest BCUT2D eigenvalue weighted by atomic mass is 19.4. The van der Waals surface area contributed by atoms with Crippen LogP contribution in [-0.4, -0.2) is 21.3 Å². The topological polar surface area (TPSA) is 38.1 Å². The smallest absolute Gasteiger partial charge is 0.396 e. The lowest BCUT2D eigenvalue weighted by atomic mass is 10.0. The van der Waals surface area contributed by atoms with Crippen LogP contribution in [0.1, 0.15) is 28.9 Å². The van der Waals surface area contributed by atoms with Crippen molar-refractivity contribution in [3.8, 4) is 23.1 Å². The number of alkyl halides is 3. The Morgan fingerprint density at radius 3 is 2.43 bits per heavy atom. The van der Waals surface area contributed by atoms with Gasteiger partial charge in [0.05, 0.1) is 11.3 Å². The van der Waals surface area contributed by atoms with Gasteiger partial charge in [0.15, 0.2) is 0 Å². The van der Waals surface area contributed by atoms with E-state index in [0.29, 0.717) is 11.6 Å². The zero-order chi connectivity index (χ0) is 21.3. The normalized spacial score (nSPS) is 16.0. The van der Waals surface area contributed by atoms with Gasteiger partial charge in [-0.05, 0) is 36.8 Å². The van der Waals surface area contributed by atoms with Crippen LogP contribution < -0.4 is 0 Å². The van der Waals surface area contributed by atoms with Crippen molar-refractivity contribution in [1.82, 2.24) is 9.55 Å². The number of fused-ring (bicyclic) bond motifs is 1. The standard InChI is InChI=1S/C23H18F4N2O/c24-20-11-16(5-9-19(20)23(25,26)27)2-1-15-3-7-18(8-4-15)21-13-29-12-17(14-30)6-10-22(29)28-21/h3-5,7-9,11,13,17,30H,6,10,12,14H2. The third-order valence-electron chi connectivity index (χ3n) is 5.15. The first-order valence-corrected chi connectivity index (χ1v) is 9.49. The van der Waals surface area contributed by atoms with E-state index in [-0.39, 0.29) is 18.1 Å². The van der Waals surface area contributed by atoms with Crippen LogP contribution in [0, 0.1) is 23.6 Å². The van der Waals surface area contributed by atoms with E-state index in [2.05, 4.69) is 21.4 Å². The Morgan fingerprint density at radius 1 is 1.07 bits per heavy atom. The van der Waals surface area contributed by atoms with Crippen molar-refractivity contribution in [2.75, 3.05) is 6.61 Å². The molecule has 0 aliphatic carbocycles. The Hall–Kier alpha value is -3.11. The fraction of sp³-hybridized carbons (Fsp3) is 0.261. The van der Waals surface area contributed by atoms with Gasteiger partial charge < -0.3 is 9.67 Å². The first-order valence-electron chi connectivity index (χ1n) is 9.49. The van der Waals surface area contributed by atoms with Crippen molar-refractivity contribution in [2.45, 2.75) is 25.6 Å². The molecule has 3 aromatic rings. The fourth-order valence-corrected chi connectivity index (χ4v) is 3.49. The number of hydrogen-bond donors (Lipinski definition) is 1. The molecule has 3 nitrogen and oxygen atoms in total. The SMILES string of the molecule is OCC1CCc2nc(-c3ccc(C#Cc4ccc(C(F)(F)F)c(F)c4)cc3)cn2C1. The number of aliphatic hydroxyl groups is 1. The highest BCUT2D eigenvalue weighted by Crippen LogP contribution is 2.31. The second-order valence-electron chi connectivity index (χ2n) is 7.30. The molecule has 1 unspecified atom stereocenters. The molecule has 0 radical (unpaired) electrons. The number of halogens is 4. The van der Waals surface area contributed by atoms with Gasteiger partial charge in [0.25, 0.3) is 0 Å². The number of rotatable bonds is 2. The van der Waals surface area contributed by atoms with Gasteiger partial charge in [-0.3, -0.25) is 0 Å². The first kappa shape index (κ1) is 20.2. The van der Waals surface area contributed by atoms with Crippen LogP contribution in [0.3, 0.4) is 0 Å². The van der Waals surface area contributed by atoms with Crippen molar-refractivity contribution >= 4 is 0 Å². The number of benzene rings is 2. The van der Waals surface area contributed by atoms with Crippen LogP contribution in [0.5, 0.6) is 0 Å². The predicted octanol–water partition coefficient (Wildman–Crippen LogP) is 4.66. The van der Waals surface area contributed by atoms with Gasteiger partial charge in [-0.1, -0.05) is 24.0 Å². The lowest BCUT2D eigenvalue weighted by Crippen LogP contribution is -2.22. The molecule has 2 heterocycles. The van der Waals surface area contributed by atoms with E-state index in [1.54, 1.807) is 12.1 Å². The molecule has 1 aliphatic rings. The van der Waals surface area contributed by atoms with E-state index in [4.69, 9.17) is 0 Å². The molecule has 30 heavy (non-hydrogen) atoms. The molecule has 0 spiro atoms. The second-order valence-corrected chi connectivity index (χ2v) is 7.30. The summed E-state index contributed by atoms with van der Waals surface area (Å²) in [7, 11) is 0. The summed E-state index contributed by atoms with van der Waals surface area (Å²) >= 11 is 0. The van der Waals surface area contributed by atoms with Crippen LogP contribution in [0.2, 0.25) is 0 Å². The van der Waals surface area contributed by atoms with E-state index >= 15 is 0 Å². The molecule has 7 heteroatoms. The van der Waals surface area contributed by atoms with Crippen molar-refractivity contribution in [2.24, 2.45) is 5.92 Å². The zero-order valence-corrected chi connectivity index (χ0v) is 15.9. The third kappa shape index (κ3) is 4.24. The molecule has 0 saturated carbocycles. The first-order chi connectivity index (χ1) is 14.3. The largest absolute Gasteiger partial charge is 0.419 e. The molecule has 0 saturated heterocycles. The number of aryl methyl sites for hydroxylation is 1. The lowest BCUT2D eigenvalue weighted by molar-refractivity contribution is -0.140. The number of aliphatic hydroxyl groups excluding tert-OH is 1. The summed E-state index contributed by atoms with van der Waals surface area (Å²) in [6.07, 6.45) is -0.995. The Balaban J connectivity index is 1.51. The van der Waals surface area contributed by atoms with Crippen molar-refractivity contribution in [3.63, 3.8) is 0 Å². The predicted molar refractivity (Wildman–Crippen MR) is 104 cm³/mol. The van der Waals surface area contributed by atoms with Gasteiger partial charge in [-0.2, -0.15) is 13.2 Å². The van der Waals surface area contributed by atoms with E-state index < -0.39 is 17.6 Å². The summed E-state index contributed by atoms with van der Waals surface area (Å²) in [5, 5.41) is 9.35. The Labute approximate surface area is 171 Å². The van der Waals surface area contributed by atoms with E-state index in [1.165, 1.54) is 0 Å². The molecule has 0 amide bonds. The minimum atomic E-state index is -4.72. The van der Waals surface area contributed by atoms with Crippen LogP contribution in [0.25, 0.3) is 11.3 Å². The molecule has 1 atom stereocenters. The Bertz CT molecular complexity index is 1120. The molecule has 4 rings (SSSR count). The quantitative estimate of drug-likeness (QED) is 0.489. The van der Waals surface area contributed by atoms with E-state index in [0.717, 1.165) is 48.6 Å². The molecule has 2 aromatic carbocycles. The van der Waals surface area contributed by atoms with Gasteiger partial charge in [0, 0.05) is 48.4 Å². The van der Waals surface area contributed by atoms with Crippen molar-refractivity contribution in [1.29, 1.82) is 0 Å². The molecule has 0 bridgehead atoms. The van der Waals surface area contributed by atoms with E-state index in [1.807, 2.05) is 18.3 Å². The molecule has 154 valence electrons. The summed E-state index contributed by atoms with van der Waals surface area (Å²) in [6.45, 7) is 0.926. The van der Waals surface area contributed by atoms with E-state index in [9.17, 15) is 22.7 Å².